The smallest absolute Gasteiger partial charge is 0.319 e. The predicted octanol–water partition coefficient (Wildman–Crippen LogP) is 3.18. The van der Waals surface area contributed by atoms with Gasteiger partial charge in [0.15, 0.2) is 0 Å². The van der Waals surface area contributed by atoms with Gasteiger partial charge in [-0.25, -0.2) is 13.2 Å². The van der Waals surface area contributed by atoms with E-state index in [1.165, 1.54) is 16.4 Å². The zero-order chi connectivity index (χ0) is 23.9. The molecule has 174 valence electrons. The highest BCUT2D eigenvalue weighted by Crippen LogP contribution is 2.17. The molecule has 0 fully saturated rings. The highest BCUT2D eigenvalue weighted by Gasteiger charge is 2.25. The minimum atomic E-state index is -3.56. The van der Waals surface area contributed by atoms with Crippen LogP contribution in [0.1, 0.15) is 33.3 Å². The number of amides is 3. The molecule has 0 bridgehead atoms. The van der Waals surface area contributed by atoms with E-state index in [9.17, 15) is 18.0 Å². The Morgan fingerprint density at radius 1 is 0.938 bits per heavy atom. The summed E-state index contributed by atoms with van der Waals surface area (Å²) in [5.74, 6) is -0.449. The lowest BCUT2D eigenvalue weighted by Gasteiger charge is -2.22. The van der Waals surface area contributed by atoms with Gasteiger partial charge in [-0.3, -0.25) is 4.79 Å². The number of urea groups is 1. The molecule has 9 heteroatoms. The van der Waals surface area contributed by atoms with E-state index in [4.69, 9.17) is 0 Å². The van der Waals surface area contributed by atoms with Gasteiger partial charge in [0.2, 0.25) is 15.9 Å². The predicted molar refractivity (Wildman–Crippen MR) is 126 cm³/mol. The maximum Gasteiger partial charge on any atom is 0.319 e. The van der Waals surface area contributed by atoms with Gasteiger partial charge in [-0.05, 0) is 49.6 Å². The van der Waals surface area contributed by atoms with Crippen LogP contribution in [0.3, 0.4) is 0 Å². The Morgan fingerprint density at radius 2 is 1.53 bits per heavy atom. The lowest BCUT2D eigenvalue weighted by atomic mass is 10.0. The van der Waals surface area contributed by atoms with Crippen molar-refractivity contribution < 1.29 is 18.0 Å². The van der Waals surface area contributed by atoms with Gasteiger partial charge in [0, 0.05) is 25.3 Å². The number of carbonyl (C=O) groups excluding carboxylic acids is 2. The van der Waals surface area contributed by atoms with Crippen molar-refractivity contribution in [3.8, 4) is 0 Å². The van der Waals surface area contributed by atoms with E-state index < -0.39 is 22.1 Å². The molecule has 2 rings (SSSR count). The summed E-state index contributed by atoms with van der Waals surface area (Å²) in [6.07, 6.45) is 0. The molecular weight excluding hydrogens is 428 g/mol. The molecule has 1 atom stereocenters. The van der Waals surface area contributed by atoms with Gasteiger partial charge in [-0.2, -0.15) is 4.31 Å². The summed E-state index contributed by atoms with van der Waals surface area (Å²) in [5.41, 5.74) is 1.38. The van der Waals surface area contributed by atoms with Gasteiger partial charge >= 0.3 is 6.03 Å². The van der Waals surface area contributed by atoms with Crippen LogP contribution in [-0.2, 0) is 21.4 Å². The largest absolute Gasteiger partial charge is 0.350 e. The Kier molecular flexibility index (Phi) is 8.80. The molecule has 3 N–H and O–H groups in total. The van der Waals surface area contributed by atoms with Crippen LogP contribution in [0.5, 0.6) is 0 Å². The summed E-state index contributed by atoms with van der Waals surface area (Å²) in [6.45, 7) is 7.52. The fourth-order valence-electron chi connectivity index (χ4n) is 2.89. The zero-order valence-electron chi connectivity index (χ0n) is 19.1. The second kappa shape index (κ2) is 11.1. The molecule has 2 aromatic rings. The first-order chi connectivity index (χ1) is 15.0. The highest BCUT2D eigenvalue weighted by molar-refractivity contribution is 7.89. The third-order valence-electron chi connectivity index (χ3n) is 5.06. The molecule has 2 aromatic carbocycles. The third-order valence-corrected chi connectivity index (χ3v) is 7.11. The average molecular weight is 461 g/mol. The van der Waals surface area contributed by atoms with Gasteiger partial charge in [0.05, 0.1) is 4.90 Å². The van der Waals surface area contributed by atoms with Crippen molar-refractivity contribution >= 4 is 27.6 Å². The maximum absolute atomic E-state index is 12.7. The quantitative estimate of drug-likeness (QED) is 0.534. The Labute approximate surface area is 190 Å². The second-order valence-electron chi connectivity index (χ2n) is 8.16. The van der Waals surface area contributed by atoms with Crippen molar-refractivity contribution in [1.29, 1.82) is 0 Å². The molecule has 32 heavy (non-hydrogen) atoms. The number of rotatable bonds is 9. The maximum atomic E-state index is 12.7. The molecule has 1 unspecified atom stereocenters. The van der Waals surface area contributed by atoms with Crippen molar-refractivity contribution in [2.24, 2.45) is 5.92 Å². The first-order valence-electron chi connectivity index (χ1n) is 10.5. The van der Waals surface area contributed by atoms with Crippen molar-refractivity contribution in [1.82, 2.24) is 14.9 Å². The van der Waals surface area contributed by atoms with E-state index in [1.54, 1.807) is 57.3 Å². The Bertz CT molecular complexity index is 1010. The van der Waals surface area contributed by atoms with E-state index in [-0.39, 0.29) is 29.3 Å². The molecule has 0 aliphatic rings. The number of nitrogens with one attached hydrogen (secondary N) is 3. The van der Waals surface area contributed by atoms with Gasteiger partial charge in [-0.1, -0.05) is 44.2 Å². The molecule has 8 nitrogen and oxygen atoms in total. The second-order valence-corrected chi connectivity index (χ2v) is 10.2. The van der Waals surface area contributed by atoms with Crippen LogP contribution < -0.4 is 16.0 Å². The fraction of sp³-hybridized carbons (Fsp3) is 0.391. The Hall–Kier alpha value is -2.91. The molecule has 3 amide bonds. The summed E-state index contributed by atoms with van der Waals surface area (Å²) in [5, 5.41) is 8.22. The summed E-state index contributed by atoms with van der Waals surface area (Å²) in [6, 6.07) is 14.0. The topological polar surface area (TPSA) is 108 Å². The molecule has 0 aromatic heterocycles. The third kappa shape index (κ3) is 6.80. The zero-order valence-corrected chi connectivity index (χ0v) is 19.9. The van der Waals surface area contributed by atoms with Crippen molar-refractivity contribution in [3.05, 3.63) is 60.2 Å². The number of para-hydroxylation sites is 1. The average Bonchev–Trinajstić information content (AvgIpc) is 2.76. The summed E-state index contributed by atoms with van der Waals surface area (Å²) >= 11 is 0. The number of benzene rings is 2. The fourth-order valence-corrected chi connectivity index (χ4v) is 4.25. The van der Waals surface area contributed by atoms with Crippen LogP contribution in [0.25, 0.3) is 0 Å². The molecule has 0 radical (unpaired) electrons. The Balaban J connectivity index is 1.97. The molecule has 0 heterocycles. The lowest BCUT2D eigenvalue weighted by molar-refractivity contribution is -0.124. The Morgan fingerprint density at radius 3 is 2.06 bits per heavy atom. The first kappa shape index (κ1) is 25.4. The van der Waals surface area contributed by atoms with E-state index in [2.05, 4.69) is 16.0 Å². The number of sulfonamides is 1. The van der Waals surface area contributed by atoms with Gasteiger partial charge < -0.3 is 16.0 Å². The number of carbonyl (C=O) groups is 2. The molecular formula is C23H32N4O4S. The lowest BCUT2D eigenvalue weighted by Crippen LogP contribution is -2.50. The summed E-state index contributed by atoms with van der Waals surface area (Å²) < 4.78 is 26.4. The van der Waals surface area contributed by atoms with Crippen LogP contribution in [0.2, 0.25) is 0 Å². The minimum absolute atomic E-state index is 0.129. The highest BCUT2D eigenvalue weighted by atomic mass is 32.2. The van der Waals surface area contributed by atoms with Crippen molar-refractivity contribution in [2.45, 2.75) is 51.2 Å². The molecule has 0 aliphatic carbocycles. The van der Waals surface area contributed by atoms with Crippen molar-refractivity contribution in [2.75, 3.05) is 12.4 Å². The number of nitrogens with zero attached hydrogens (tertiary/aromatic N) is 1. The monoisotopic (exact) mass is 460 g/mol. The van der Waals surface area contributed by atoms with E-state index in [0.29, 0.717) is 5.69 Å². The molecule has 0 saturated carbocycles. The summed E-state index contributed by atoms with van der Waals surface area (Å²) in [7, 11) is -2.02. The van der Waals surface area contributed by atoms with Crippen LogP contribution >= 0.6 is 0 Å². The standard InChI is InChI=1S/C23H32N4O4S/c1-16(2)21(26-23(29)25-19-9-7-6-8-10-19)22(28)24-15-18-11-13-20(14-12-18)32(30,31)27(5)17(3)4/h6-14,16-17,21H,15H2,1-5H3,(H,24,28)(H2,25,26,29). The molecule has 0 aliphatic heterocycles. The molecule has 0 saturated heterocycles. The molecule has 0 spiro atoms. The number of anilines is 1. The number of hydrogen-bond acceptors (Lipinski definition) is 4. The normalized spacial score (nSPS) is 12.6. The SMILES string of the molecule is CC(C)C(NC(=O)Nc1ccccc1)C(=O)NCc1ccc(S(=O)(=O)N(C)C(C)C)cc1. The van der Waals surface area contributed by atoms with Gasteiger partial charge in [-0.15, -0.1) is 0 Å². The van der Waals surface area contributed by atoms with Crippen LogP contribution in [0.15, 0.2) is 59.5 Å². The summed E-state index contributed by atoms with van der Waals surface area (Å²) in [4.78, 5) is 25.2. The van der Waals surface area contributed by atoms with Gasteiger partial charge in [0.1, 0.15) is 6.04 Å². The van der Waals surface area contributed by atoms with Crippen LogP contribution in [-0.4, -0.2) is 43.8 Å². The van der Waals surface area contributed by atoms with Crippen LogP contribution in [0.4, 0.5) is 10.5 Å². The van der Waals surface area contributed by atoms with Gasteiger partial charge in [0.25, 0.3) is 0 Å². The van der Waals surface area contributed by atoms with E-state index >= 15 is 0 Å². The van der Waals surface area contributed by atoms with E-state index in [1.807, 2.05) is 19.9 Å². The van der Waals surface area contributed by atoms with Crippen molar-refractivity contribution in [3.63, 3.8) is 0 Å². The van der Waals surface area contributed by atoms with E-state index in [0.717, 1.165) is 5.56 Å². The first-order valence-corrected chi connectivity index (χ1v) is 11.9. The number of hydrogen-bond donors (Lipinski definition) is 3. The van der Waals surface area contributed by atoms with Crippen LogP contribution in [0, 0.1) is 5.92 Å². The minimum Gasteiger partial charge on any atom is -0.350 e.